The zero-order valence-electron chi connectivity index (χ0n) is 14.7. The van der Waals surface area contributed by atoms with E-state index in [0.29, 0.717) is 16.8 Å². The molecule has 1 amide bonds. The Kier molecular flexibility index (Phi) is 5.99. The highest BCUT2D eigenvalue weighted by Crippen LogP contribution is 2.20. The number of nitrogens with one attached hydrogen (secondary N) is 2. The van der Waals surface area contributed by atoms with Gasteiger partial charge in [-0.15, -0.1) is 0 Å². The molecule has 0 bridgehead atoms. The largest absolute Gasteiger partial charge is 0.462 e. The Hall–Kier alpha value is -2.87. The van der Waals surface area contributed by atoms with E-state index in [1.165, 1.54) is 43.4 Å². The molecule has 0 aliphatic rings. The molecule has 26 heavy (non-hydrogen) atoms. The van der Waals surface area contributed by atoms with Crippen LogP contribution < -0.4 is 10.0 Å². The molecule has 8 heteroatoms. The van der Waals surface area contributed by atoms with Gasteiger partial charge in [0.25, 0.3) is 15.9 Å². The van der Waals surface area contributed by atoms with Crippen molar-refractivity contribution < 1.29 is 22.7 Å². The van der Waals surface area contributed by atoms with E-state index < -0.39 is 16.0 Å². The van der Waals surface area contributed by atoms with Crippen LogP contribution in [0.4, 0.5) is 5.69 Å². The third-order valence-electron chi connectivity index (χ3n) is 3.64. The molecule has 7 nitrogen and oxygen atoms in total. The lowest BCUT2D eigenvalue weighted by Gasteiger charge is -2.11. The first-order chi connectivity index (χ1) is 12.3. The Morgan fingerprint density at radius 2 is 1.73 bits per heavy atom. The Labute approximate surface area is 152 Å². The Morgan fingerprint density at radius 1 is 1.08 bits per heavy atom. The van der Waals surface area contributed by atoms with Crippen molar-refractivity contribution >= 4 is 27.6 Å². The van der Waals surface area contributed by atoms with Crippen LogP contribution >= 0.6 is 0 Å². The molecular formula is C18H20N2O5S. The molecule has 138 valence electrons. The third-order valence-corrected chi connectivity index (χ3v) is 5.02. The molecule has 0 fully saturated rings. The van der Waals surface area contributed by atoms with E-state index in [1.54, 1.807) is 19.9 Å². The number of carbonyl (C=O) groups excluding carboxylic acids is 2. The fourth-order valence-electron chi connectivity index (χ4n) is 2.25. The molecule has 0 unspecified atom stereocenters. The number of esters is 1. The Balaban J connectivity index is 2.26. The van der Waals surface area contributed by atoms with E-state index in [9.17, 15) is 18.0 Å². The van der Waals surface area contributed by atoms with Crippen molar-refractivity contribution in [1.82, 2.24) is 5.32 Å². The van der Waals surface area contributed by atoms with Gasteiger partial charge in [0.1, 0.15) is 0 Å². The first-order valence-corrected chi connectivity index (χ1v) is 9.39. The summed E-state index contributed by atoms with van der Waals surface area (Å²) in [6.45, 7) is 3.69. The van der Waals surface area contributed by atoms with E-state index >= 15 is 0 Å². The van der Waals surface area contributed by atoms with Gasteiger partial charge >= 0.3 is 5.97 Å². The Bertz CT molecular complexity index is 921. The highest BCUT2D eigenvalue weighted by atomic mass is 32.2. The highest BCUT2D eigenvalue weighted by molar-refractivity contribution is 7.92. The number of carbonyl (C=O) groups is 2. The number of rotatable bonds is 6. The number of ether oxygens (including phenoxy) is 1. The molecule has 0 atom stereocenters. The van der Waals surface area contributed by atoms with Crippen molar-refractivity contribution in [3.63, 3.8) is 0 Å². The van der Waals surface area contributed by atoms with Crippen LogP contribution in [0.15, 0.2) is 47.4 Å². The van der Waals surface area contributed by atoms with Crippen molar-refractivity contribution in [2.75, 3.05) is 18.4 Å². The second-order valence-corrected chi connectivity index (χ2v) is 7.14. The minimum atomic E-state index is -3.88. The standard InChI is InChI=1S/C18H20N2O5S/c1-4-25-18(22)13-6-8-14(9-7-13)20-26(23,24)15-10-5-12(2)16(11-15)17(21)19-3/h5-11,20H,4H2,1-3H3,(H,19,21). The van der Waals surface area contributed by atoms with Gasteiger partial charge in [0.15, 0.2) is 0 Å². The molecule has 0 heterocycles. The van der Waals surface area contributed by atoms with Gasteiger partial charge in [-0.2, -0.15) is 0 Å². The maximum Gasteiger partial charge on any atom is 0.338 e. The average molecular weight is 376 g/mol. The molecule has 2 N–H and O–H groups in total. The van der Waals surface area contributed by atoms with E-state index in [-0.39, 0.29) is 23.0 Å². The van der Waals surface area contributed by atoms with Crippen LogP contribution in [0.5, 0.6) is 0 Å². The fraction of sp³-hybridized carbons (Fsp3) is 0.222. The SMILES string of the molecule is CCOC(=O)c1ccc(NS(=O)(=O)c2ccc(C)c(C(=O)NC)c2)cc1. The van der Waals surface area contributed by atoms with Crippen LogP contribution in [0.25, 0.3) is 0 Å². The highest BCUT2D eigenvalue weighted by Gasteiger charge is 2.18. The summed E-state index contributed by atoms with van der Waals surface area (Å²) in [7, 11) is -2.41. The zero-order chi connectivity index (χ0) is 19.3. The van der Waals surface area contributed by atoms with Gasteiger partial charge in [0.05, 0.1) is 17.1 Å². The summed E-state index contributed by atoms with van der Waals surface area (Å²) in [6.07, 6.45) is 0. The molecule has 0 saturated carbocycles. The van der Waals surface area contributed by atoms with Crippen molar-refractivity contribution in [2.45, 2.75) is 18.7 Å². The van der Waals surface area contributed by atoms with Crippen LogP contribution in [0.1, 0.15) is 33.2 Å². The molecular weight excluding hydrogens is 356 g/mol. The van der Waals surface area contributed by atoms with Gasteiger partial charge in [0, 0.05) is 18.3 Å². The van der Waals surface area contributed by atoms with Crippen LogP contribution in [0.2, 0.25) is 0 Å². The number of benzene rings is 2. The fourth-order valence-corrected chi connectivity index (χ4v) is 3.33. The first-order valence-electron chi connectivity index (χ1n) is 7.91. The number of anilines is 1. The summed E-state index contributed by atoms with van der Waals surface area (Å²) in [4.78, 5) is 23.5. The Morgan fingerprint density at radius 3 is 2.31 bits per heavy atom. The second kappa shape index (κ2) is 8.01. The van der Waals surface area contributed by atoms with E-state index in [2.05, 4.69) is 10.0 Å². The zero-order valence-corrected chi connectivity index (χ0v) is 15.5. The molecule has 0 radical (unpaired) electrons. The van der Waals surface area contributed by atoms with E-state index in [4.69, 9.17) is 4.74 Å². The van der Waals surface area contributed by atoms with Gasteiger partial charge in [-0.1, -0.05) is 6.07 Å². The number of amides is 1. The van der Waals surface area contributed by atoms with Crippen molar-refractivity contribution in [1.29, 1.82) is 0 Å². The lowest BCUT2D eigenvalue weighted by atomic mass is 10.1. The topological polar surface area (TPSA) is 102 Å². The summed E-state index contributed by atoms with van der Waals surface area (Å²) in [5, 5.41) is 2.48. The van der Waals surface area contributed by atoms with Gasteiger partial charge in [0.2, 0.25) is 0 Å². The minimum Gasteiger partial charge on any atom is -0.462 e. The number of hydrogen-bond donors (Lipinski definition) is 2. The molecule has 0 aliphatic heterocycles. The molecule has 2 aromatic rings. The summed E-state index contributed by atoms with van der Waals surface area (Å²) in [5.74, 6) is -0.839. The lowest BCUT2D eigenvalue weighted by molar-refractivity contribution is 0.0526. The van der Waals surface area contributed by atoms with E-state index in [1.807, 2.05) is 0 Å². The predicted molar refractivity (Wildman–Crippen MR) is 97.8 cm³/mol. The molecule has 0 aliphatic carbocycles. The smallest absolute Gasteiger partial charge is 0.338 e. The van der Waals surface area contributed by atoms with E-state index in [0.717, 1.165) is 0 Å². The third kappa shape index (κ3) is 4.40. The van der Waals surface area contributed by atoms with Gasteiger partial charge in [-0.3, -0.25) is 9.52 Å². The minimum absolute atomic E-state index is 0.0313. The summed E-state index contributed by atoms with van der Waals surface area (Å²) >= 11 is 0. The maximum atomic E-state index is 12.6. The van der Waals surface area contributed by atoms with Gasteiger partial charge in [-0.25, -0.2) is 13.2 Å². The molecule has 2 aromatic carbocycles. The van der Waals surface area contributed by atoms with Crippen LogP contribution in [-0.4, -0.2) is 33.9 Å². The van der Waals surface area contributed by atoms with Crippen LogP contribution in [0.3, 0.4) is 0 Å². The van der Waals surface area contributed by atoms with Gasteiger partial charge < -0.3 is 10.1 Å². The molecule has 0 spiro atoms. The lowest BCUT2D eigenvalue weighted by Crippen LogP contribution is -2.20. The summed E-state index contributed by atoms with van der Waals surface area (Å²) in [6, 6.07) is 10.2. The van der Waals surface area contributed by atoms with Crippen molar-refractivity contribution in [3.05, 3.63) is 59.2 Å². The quantitative estimate of drug-likeness (QED) is 0.754. The van der Waals surface area contributed by atoms with Crippen molar-refractivity contribution in [2.24, 2.45) is 0 Å². The van der Waals surface area contributed by atoms with Crippen LogP contribution in [0, 0.1) is 6.92 Å². The monoisotopic (exact) mass is 376 g/mol. The number of aryl methyl sites for hydroxylation is 1. The summed E-state index contributed by atoms with van der Waals surface area (Å²) in [5.41, 5.74) is 1.57. The van der Waals surface area contributed by atoms with Crippen molar-refractivity contribution in [3.8, 4) is 0 Å². The maximum absolute atomic E-state index is 12.6. The van der Waals surface area contributed by atoms with Crippen LogP contribution in [-0.2, 0) is 14.8 Å². The molecule has 0 aromatic heterocycles. The normalized spacial score (nSPS) is 10.9. The summed E-state index contributed by atoms with van der Waals surface area (Å²) < 4.78 is 32.4. The van der Waals surface area contributed by atoms with Gasteiger partial charge in [-0.05, 0) is 55.8 Å². The average Bonchev–Trinajstić information content (AvgIpc) is 2.61. The molecule has 0 saturated heterocycles. The number of hydrogen-bond acceptors (Lipinski definition) is 5. The first kappa shape index (κ1) is 19.5. The predicted octanol–water partition coefficient (Wildman–Crippen LogP) is 2.33. The second-order valence-electron chi connectivity index (χ2n) is 5.46. The number of sulfonamides is 1. The molecule has 2 rings (SSSR count).